The van der Waals surface area contributed by atoms with Gasteiger partial charge in [0.25, 0.3) is 0 Å². The lowest BCUT2D eigenvalue weighted by Crippen LogP contribution is -2.29. The number of nitrogens with zero attached hydrogens (tertiary/aromatic N) is 2. The first kappa shape index (κ1) is 18.6. The van der Waals surface area contributed by atoms with E-state index in [0.717, 1.165) is 22.5 Å². The molecule has 0 saturated heterocycles. The Kier molecular flexibility index (Phi) is 6.04. The van der Waals surface area contributed by atoms with Gasteiger partial charge in [-0.3, -0.25) is 0 Å². The maximum atomic E-state index is 13.2. The molecule has 3 aromatic rings. The van der Waals surface area contributed by atoms with Crippen molar-refractivity contribution in [1.29, 1.82) is 0 Å². The van der Waals surface area contributed by atoms with E-state index in [1.54, 1.807) is 23.9 Å². The zero-order chi connectivity index (χ0) is 18.5. The van der Waals surface area contributed by atoms with Crippen molar-refractivity contribution >= 4 is 11.6 Å². The van der Waals surface area contributed by atoms with Crippen LogP contribution in [0.15, 0.2) is 54.7 Å². The van der Waals surface area contributed by atoms with E-state index in [0.29, 0.717) is 18.2 Å². The maximum Gasteiger partial charge on any atom is 0.123 e. The van der Waals surface area contributed by atoms with Crippen LogP contribution >= 0.6 is 11.6 Å². The number of ether oxygens (including phenoxy) is 1. The quantitative estimate of drug-likeness (QED) is 0.664. The van der Waals surface area contributed by atoms with Crippen LogP contribution < -0.4 is 5.32 Å². The lowest BCUT2D eigenvalue weighted by molar-refractivity contribution is 0.171. The van der Waals surface area contributed by atoms with Crippen LogP contribution in [0, 0.1) is 5.82 Å². The molecular formula is C20H21ClFN3O. The SMILES string of the molecule is COCC(C)NCc1cn(-c2ccc(F)cc2)nc1-c1ccccc1Cl. The molecule has 1 atom stereocenters. The third-order valence-electron chi connectivity index (χ3n) is 4.07. The molecule has 0 aliphatic carbocycles. The summed E-state index contributed by atoms with van der Waals surface area (Å²) in [5, 5.41) is 8.77. The summed E-state index contributed by atoms with van der Waals surface area (Å²) in [6, 6.07) is 14.1. The molecule has 3 rings (SSSR count). The van der Waals surface area contributed by atoms with E-state index in [2.05, 4.69) is 12.2 Å². The molecule has 1 heterocycles. The highest BCUT2D eigenvalue weighted by molar-refractivity contribution is 6.33. The molecule has 0 spiro atoms. The zero-order valence-electron chi connectivity index (χ0n) is 14.7. The monoisotopic (exact) mass is 373 g/mol. The molecular weight excluding hydrogens is 353 g/mol. The standard InChI is InChI=1S/C20H21ClFN3O/c1-14(13-26-2)23-11-15-12-25(17-9-7-16(22)8-10-17)24-20(15)18-5-3-4-6-19(18)21/h3-10,12,14,23H,11,13H2,1-2H3. The van der Waals surface area contributed by atoms with Crippen LogP contribution in [-0.4, -0.2) is 29.5 Å². The van der Waals surface area contributed by atoms with Crippen LogP contribution in [-0.2, 0) is 11.3 Å². The number of rotatable bonds is 7. The predicted octanol–water partition coefficient (Wildman–Crippen LogP) is 4.46. The molecule has 0 bridgehead atoms. The summed E-state index contributed by atoms with van der Waals surface area (Å²) in [4.78, 5) is 0. The van der Waals surface area contributed by atoms with Crippen molar-refractivity contribution in [3.8, 4) is 16.9 Å². The van der Waals surface area contributed by atoms with Gasteiger partial charge in [0, 0.05) is 37.0 Å². The molecule has 0 radical (unpaired) electrons. The Hall–Kier alpha value is -2.21. The van der Waals surface area contributed by atoms with Gasteiger partial charge in [0.05, 0.1) is 23.0 Å². The number of hydrogen-bond donors (Lipinski definition) is 1. The Morgan fingerprint density at radius 3 is 2.62 bits per heavy atom. The molecule has 6 heteroatoms. The minimum atomic E-state index is -0.275. The number of methoxy groups -OCH3 is 1. The summed E-state index contributed by atoms with van der Waals surface area (Å²) in [6.07, 6.45) is 1.94. The van der Waals surface area contributed by atoms with E-state index in [9.17, 15) is 4.39 Å². The van der Waals surface area contributed by atoms with Gasteiger partial charge in [-0.15, -0.1) is 0 Å². The topological polar surface area (TPSA) is 39.1 Å². The van der Waals surface area contributed by atoms with Crippen LogP contribution in [0.1, 0.15) is 12.5 Å². The van der Waals surface area contributed by atoms with Crippen molar-refractivity contribution in [1.82, 2.24) is 15.1 Å². The van der Waals surface area contributed by atoms with E-state index >= 15 is 0 Å². The lowest BCUT2D eigenvalue weighted by atomic mass is 10.1. The van der Waals surface area contributed by atoms with Gasteiger partial charge in [-0.2, -0.15) is 5.10 Å². The molecule has 1 unspecified atom stereocenters. The molecule has 0 aliphatic heterocycles. The van der Waals surface area contributed by atoms with E-state index in [1.165, 1.54) is 12.1 Å². The minimum absolute atomic E-state index is 0.202. The van der Waals surface area contributed by atoms with Crippen LogP contribution in [0.4, 0.5) is 4.39 Å². The highest BCUT2D eigenvalue weighted by Gasteiger charge is 2.15. The van der Waals surface area contributed by atoms with Crippen molar-refractivity contribution in [2.75, 3.05) is 13.7 Å². The summed E-state index contributed by atoms with van der Waals surface area (Å²) in [6.45, 7) is 3.29. The largest absolute Gasteiger partial charge is 0.383 e. The van der Waals surface area contributed by atoms with Gasteiger partial charge in [0.1, 0.15) is 5.82 Å². The summed E-state index contributed by atoms with van der Waals surface area (Å²) in [5.74, 6) is -0.275. The Balaban J connectivity index is 1.97. The summed E-state index contributed by atoms with van der Waals surface area (Å²) >= 11 is 6.38. The fraction of sp³-hybridized carbons (Fsp3) is 0.250. The van der Waals surface area contributed by atoms with Gasteiger partial charge >= 0.3 is 0 Å². The average molecular weight is 374 g/mol. The maximum absolute atomic E-state index is 13.2. The van der Waals surface area contributed by atoms with Crippen LogP contribution in [0.5, 0.6) is 0 Å². The Morgan fingerprint density at radius 1 is 1.19 bits per heavy atom. The fourth-order valence-corrected chi connectivity index (χ4v) is 2.96. The second-order valence-corrected chi connectivity index (χ2v) is 6.55. The van der Waals surface area contributed by atoms with Gasteiger partial charge in [0.15, 0.2) is 0 Å². The Morgan fingerprint density at radius 2 is 1.92 bits per heavy atom. The predicted molar refractivity (Wildman–Crippen MR) is 102 cm³/mol. The fourth-order valence-electron chi connectivity index (χ4n) is 2.74. The third-order valence-corrected chi connectivity index (χ3v) is 4.40. The number of benzene rings is 2. The molecule has 1 aromatic heterocycles. The molecule has 1 N–H and O–H groups in total. The number of halogens is 2. The second-order valence-electron chi connectivity index (χ2n) is 6.14. The summed E-state index contributed by atoms with van der Waals surface area (Å²) in [5.41, 5.74) is 3.46. The van der Waals surface area contributed by atoms with Crippen molar-refractivity contribution in [3.63, 3.8) is 0 Å². The molecule has 136 valence electrons. The minimum Gasteiger partial charge on any atom is -0.383 e. The first-order chi connectivity index (χ1) is 12.6. The molecule has 2 aromatic carbocycles. The highest BCUT2D eigenvalue weighted by Crippen LogP contribution is 2.30. The summed E-state index contributed by atoms with van der Waals surface area (Å²) in [7, 11) is 1.68. The third kappa shape index (κ3) is 4.30. The van der Waals surface area contributed by atoms with E-state index in [4.69, 9.17) is 21.4 Å². The van der Waals surface area contributed by atoms with Crippen molar-refractivity contribution < 1.29 is 9.13 Å². The molecule has 0 amide bonds. The molecule has 4 nitrogen and oxygen atoms in total. The van der Waals surface area contributed by atoms with Crippen LogP contribution in [0.3, 0.4) is 0 Å². The van der Waals surface area contributed by atoms with E-state index in [1.807, 2.05) is 30.5 Å². The second kappa shape index (κ2) is 8.45. The molecule has 0 aliphatic rings. The first-order valence-corrected chi connectivity index (χ1v) is 8.78. The smallest absolute Gasteiger partial charge is 0.123 e. The number of hydrogen-bond acceptors (Lipinski definition) is 3. The van der Waals surface area contributed by atoms with Crippen LogP contribution in [0.25, 0.3) is 16.9 Å². The zero-order valence-corrected chi connectivity index (χ0v) is 15.5. The van der Waals surface area contributed by atoms with Crippen molar-refractivity contribution in [2.24, 2.45) is 0 Å². The van der Waals surface area contributed by atoms with E-state index < -0.39 is 0 Å². The molecule has 0 saturated carbocycles. The molecule has 0 fully saturated rings. The normalized spacial score (nSPS) is 12.3. The van der Waals surface area contributed by atoms with Gasteiger partial charge in [-0.05, 0) is 37.3 Å². The van der Waals surface area contributed by atoms with Gasteiger partial charge in [-0.1, -0.05) is 29.8 Å². The van der Waals surface area contributed by atoms with Gasteiger partial charge in [-0.25, -0.2) is 9.07 Å². The first-order valence-electron chi connectivity index (χ1n) is 8.40. The van der Waals surface area contributed by atoms with Gasteiger partial charge in [0.2, 0.25) is 0 Å². The number of aromatic nitrogens is 2. The van der Waals surface area contributed by atoms with Crippen molar-refractivity contribution in [3.05, 3.63) is 71.1 Å². The van der Waals surface area contributed by atoms with E-state index in [-0.39, 0.29) is 11.9 Å². The van der Waals surface area contributed by atoms with Crippen LogP contribution in [0.2, 0.25) is 5.02 Å². The number of nitrogens with one attached hydrogen (secondary N) is 1. The molecule has 26 heavy (non-hydrogen) atoms. The summed E-state index contributed by atoms with van der Waals surface area (Å²) < 4.78 is 20.1. The Bertz CT molecular complexity index is 864. The average Bonchev–Trinajstić information content (AvgIpc) is 3.05. The Labute approximate surface area is 157 Å². The highest BCUT2D eigenvalue weighted by atomic mass is 35.5. The van der Waals surface area contributed by atoms with Gasteiger partial charge < -0.3 is 10.1 Å². The lowest BCUT2D eigenvalue weighted by Gasteiger charge is -2.12. The van der Waals surface area contributed by atoms with Crippen molar-refractivity contribution in [2.45, 2.75) is 19.5 Å².